The van der Waals surface area contributed by atoms with E-state index in [1.54, 1.807) is 0 Å². The van der Waals surface area contributed by atoms with E-state index in [2.05, 4.69) is 9.93 Å². The van der Waals surface area contributed by atoms with Crippen molar-refractivity contribution in [2.24, 2.45) is 5.41 Å². The van der Waals surface area contributed by atoms with Crippen molar-refractivity contribution < 1.29 is 19.6 Å². The summed E-state index contributed by atoms with van der Waals surface area (Å²) in [5.41, 5.74) is 0.0976. The Kier molecular flexibility index (Phi) is 5.09. The van der Waals surface area contributed by atoms with Gasteiger partial charge in [-0.15, -0.1) is 0 Å². The van der Waals surface area contributed by atoms with Gasteiger partial charge in [0.25, 0.3) is 0 Å². The lowest BCUT2D eigenvalue weighted by molar-refractivity contribution is -0.520. The third-order valence-corrected chi connectivity index (χ3v) is 2.51. The van der Waals surface area contributed by atoms with Crippen LogP contribution in [-0.4, -0.2) is 5.97 Å². The second-order valence-electron chi connectivity index (χ2n) is 6.22. The molecule has 0 atom stereocenters. The molecule has 4 heteroatoms. The van der Waals surface area contributed by atoms with Crippen molar-refractivity contribution in [1.29, 1.82) is 0 Å². The van der Waals surface area contributed by atoms with Crippen molar-refractivity contribution in [2.75, 3.05) is 0 Å². The maximum Gasteiger partial charge on any atom is 0.346 e. The minimum atomic E-state index is -0.691. The van der Waals surface area contributed by atoms with E-state index >= 15 is 0 Å². The van der Waals surface area contributed by atoms with Gasteiger partial charge in [-0.3, -0.25) is 4.89 Å². The average molecular weight is 266 g/mol. The number of hydrogen-bond acceptors (Lipinski definition) is 4. The fourth-order valence-corrected chi connectivity index (χ4v) is 1.49. The molecule has 4 nitrogen and oxygen atoms in total. The van der Waals surface area contributed by atoms with Crippen molar-refractivity contribution in [3.8, 4) is 0 Å². The molecule has 106 valence electrons. The number of carbonyl (C=O) groups excluding carboxylic acids is 1. The van der Waals surface area contributed by atoms with Crippen LogP contribution in [0.5, 0.6) is 0 Å². The minimum Gasteiger partial charge on any atom is -0.269 e. The van der Waals surface area contributed by atoms with Gasteiger partial charge in [0.05, 0.1) is 6.42 Å². The lowest BCUT2D eigenvalue weighted by atomic mass is 9.93. The molecule has 0 aliphatic carbocycles. The highest BCUT2D eigenvalue weighted by atomic mass is 17.5. The predicted molar refractivity (Wildman–Crippen MR) is 71.8 cm³/mol. The molecule has 1 aromatic rings. The third-order valence-electron chi connectivity index (χ3n) is 2.51. The molecule has 19 heavy (non-hydrogen) atoms. The highest BCUT2D eigenvalue weighted by molar-refractivity contribution is 5.69. The predicted octanol–water partition coefficient (Wildman–Crippen LogP) is 3.76. The van der Waals surface area contributed by atoms with Gasteiger partial charge in [-0.1, -0.05) is 51.1 Å². The summed E-state index contributed by atoms with van der Waals surface area (Å²) < 4.78 is 0. The molecule has 0 amide bonds. The van der Waals surface area contributed by atoms with Crippen LogP contribution in [0.4, 0.5) is 0 Å². The van der Waals surface area contributed by atoms with Crippen LogP contribution in [0.15, 0.2) is 30.3 Å². The third kappa shape index (κ3) is 5.85. The zero-order valence-corrected chi connectivity index (χ0v) is 12.2. The van der Waals surface area contributed by atoms with Crippen LogP contribution in [-0.2, 0) is 25.2 Å². The van der Waals surface area contributed by atoms with E-state index in [0.717, 1.165) is 5.56 Å². The second kappa shape index (κ2) is 6.17. The fourth-order valence-electron chi connectivity index (χ4n) is 1.49. The van der Waals surface area contributed by atoms with Crippen LogP contribution in [0.3, 0.4) is 0 Å². The van der Waals surface area contributed by atoms with Crippen LogP contribution in [0.2, 0.25) is 0 Å². The maximum atomic E-state index is 11.5. The molecule has 1 aromatic carbocycles. The second-order valence-corrected chi connectivity index (χ2v) is 6.22. The quantitative estimate of drug-likeness (QED) is 0.601. The van der Waals surface area contributed by atoms with Crippen LogP contribution >= 0.6 is 0 Å². The Bertz CT molecular complexity index is 404. The SMILES string of the molecule is CC(C)(C)CC(=O)OOOC(C)(C)c1ccccc1. The maximum absolute atomic E-state index is 11.5. The Hall–Kier alpha value is -1.39. The molecule has 0 N–H and O–H groups in total. The van der Waals surface area contributed by atoms with Crippen LogP contribution in [0.25, 0.3) is 0 Å². The van der Waals surface area contributed by atoms with Gasteiger partial charge in [-0.05, 0) is 29.9 Å². The van der Waals surface area contributed by atoms with E-state index in [4.69, 9.17) is 4.89 Å². The molecule has 0 saturated heterocycles. The van der Waals surface area contributed by atoms with Crippen molar-refractivity contribution in [1.82, 2.24) is 0 Å². The van der Waals surface area contributed by atoms with Gasteiger partial charge in [0.15, 0.2) is 0 Å². The zero-order valence-electron chi connectivity index (χ0n) is 12.2. The minimum absolute atomic E-state index is 0.143. The molecule has 0 heterocycles. The summed E-state index contributed by atoms with van der Waals surface area (Å²) in [4.78, 5) is 21.2. The van der Waals surface area contributed by atoms with Gasteiger partial charge in [-0.25, -0.2) is 4.79 Å². The molecule has 0 fully saturated rings. The Morgan fingerprint density at radius 3 is 2.16 bits per heavy atom. The Morgan fingerprint density at radius 2 is 1.63 bits per heavy atom. The lowest BCUT2D eigenvalue weighted by Gasteiger charge is -2.23. The van der Waals surface area contributed by atoms with Gasteiger partial charge in [0.2, 0.25) is 0 Å². The summed E-state index contributed by atoms with van der Waals surface area (Å²) in [6.45, 7) is 9.51. The molecule has 0 aliphatic rings. The largest absolute Gasteiger partial charge is 0.346 e. The van der Waals surface area contributed by atoms with E-state index < -0.39 is 11.6 Å². The highest BCUT2D eigenvalue weighted by Gasteiger charge is 2.24. The van der Waals surface area contributed by atoms with E-state index in [1.807, 2.05) is 65.0 Å². The molecule has 0 radical (unpaired) electrons. The Balaban J connectivity index is 2.43. The summed E-state index contributed by atoms with van der Waals surface area (Å²) in [7, 11) is 0. The van der Waals surface area contributed by atoms with Crippen molar-refractivity contribution in [3.63, 3.8) is 0 Å². The average Bonchev–Trinajstić information content (AvgIpc) is 2.27. The van der Waals surface area contributed by atoms with Gasteiger partial charge < -0.3 is 0 Å². The molecule has 0 aromatic heterocycles. The van der Waals surface area contributed by atoms with Crippen LogP contribution in [0.1, 0.15) is 46.6 Å². The standard InChI is InChI=1S/C15H22O4/c1-14(2,3)11-13(16)17-19-18-15(4,5)12-9-7-6-8-10-12/h6-10H,11H2,1-5H3. The number of rotatable bonds is 5. The van der Waals surface area contributed by atoms with Gasteiger partial charge >= 0.3 is 5.97 Å². The lowest BCUT2D eigenvalue weighted by Crippen LogP contribution is -2.23. The van der Waals surface area contributed by atoms with Crippen LogP contribution < -0.4 is 0 Å². The first-order valence-corrected chi connectivity index (χ1v) is 6.31. The van der Waals surface area contributed by atoms with Gasteiger partial charge in [-0.2, -0.15) is 4.89 Å². The summed E-state index contributed by atoms with van der Waals surface area (Å²) in [6, 6.07) is 9.57. The number of hydrogen-bond donors (Lipinski definition) is 0. The van der Waals surface area contributed by atoms with Gasteiger partial charge in [0, 0.05) is 0 Å². The first-order chi connectivity index (χ1) is 8.71. The van der Waals surface area contributed by atoms with E-state index in [-0.39, 0.29) is 11.8 Å². The monoisotopic (exact) mass is 266 g/mol. The topological polar surface area (TPSA) is 44.8 Å². The first-order valence-electron chi connectivity index (χ1n) is 6.31. The normalized spacial score (nSPS) is 12.3. The van der Waals surface area contributed by atoms with E-state index in [0.29, 0.717) is 0 Å². The van der Waals surface area contributed by atoms with E-state index in [9.17, 15) is 4.79 Å². The highest BCUT2D eigenvalue weighted by Crippen LogP contribution is 2.25. The number of carbonyl (C=O) groups is 1. The van der Waals surface area contributed by atoms with Crippen molar-refractivity contribution in [3.05, 3.63) is 35.9 Å². The summed E-state index contributed by atoms with van der Waals surface area (Å²) in [5, 5.41) is 4.61. The molecule has 0 spiro atoms. The first kappa shape index (κ1) is 15.7. The molecule has 1 rings (SSSR count). The zero-order chi connectivity index (χ0) is 14.5. The molecule has 0 unspecified atom stereocenters. The molecule has 0 saturated carbocycles. The summed E-state index contributed by atoms with van der Waals surface area (Å²) in [5.74, 6) is -0.448. The fraction of sp³-hybridized carbons (Fsp3) is 0.533. The van der Waals surface area contributed by atoms with E-state index in [1.165, 1.54) is 0 Å². The van der Waals surface area contributed by atoms with Crippen LogP contribution in [0, 0.1) is 5.41 Å². The molecular formula is C15H22O4. The Labute approximate surface area is 114 Å². The molecule has 0 aliphatic heterocycles. The summed E-state index contributed by atoms with van der Waals surface area (Å²) >= 11 is 0. The summed E-state index contributed by atoms with van der Waals surface area (Å²) in [6.07, 6.45) is 0.266. The molecular weight excluding hydrogens is 244 g/mol. The number of benzene rings is 1. The Morgan fingerprint density at radius 1 is 1.05 bits per heavy atom. The van der Waals surface area contributed by atoms with Gasteiger partial charge in [0.1, 0.15) is 5.60 Å². The smallest absolute Gasteiger partial charge is 0.269 e. The molecule has 0 bridgehead atoms. The van der Waals surface area contributed by atoms with Crippen molar-refractivity contribution in [2.45, 2.75) is 46.6 Å². The van der Waals surface area contributed by atoms with Crippen molar-refractivity contribution >= 4 is 5.97 Å².